The van der Waals surface area contributed by atoms with Gasteiger partial charge in [0.15, 0.2) is 0 Å². The Kier molecular flexibility index (Phi) is 5.46. The number of likely N-dealkylation sites (tertiary alicyclic amines) is 1. The summed E-state index contributed by atoms with van der Waals surface area (Å²) >= 11 is 0. The van der Waals surface area contributed by atoms with Crippen LogP contribution in [0, 0.1) is 12.8 Å². The number of pyridine rings is 1. The predicted molar refractivity (Wildman–Crippen MR) is 103 cm³/mol. The number of benzene rings is 1. The molecular formula is C21H23N3O2. The van der Waals surface area contributed by atoms with Crippen LogP contribution in [0.1, 0.15) is 34.3 Å². The molecule has 1 aromatic carbocycles. The lowest BCUT2D eigenvalue weighted by Crippen LogP contribution is -2.43. The second kappa shape index (κ2) is 7.95. The van der Waals surface area contributed by atoms with E-state index in [1.54, 1.807) is 35.4 Å². The third-order valence-electron chi connectivity index (χ3n) is 4.64. The zero-order chi connectivity index (χ0) is 18.5. The molecule has 0 aliphatic carbocycles. The molecule has 0 spiro atoms. The van der Waals surface area contributed by atoms with Gasteiger partial charge in [-0.05, 0) is 49.1 Å². The van der Waals surface area contributed by atoms with Crippen LogP contribution in [0.4, 0.5) is 5.82 Å². The van der Waals surface area contributed by atoms with Crippen LogP contribution in [0.3, 0.4) is 0 Å². The SMILES string of the molecule is C=Cc1ccc(C(=O)N2CCC[C@@H](C(=O)Nc3ccc(C)cn3)C2)cc1. The first-order valence-electron chi connectivity index (χ1n) is 8.82. The molecule has 1 aliphatic heterocycles. The van der Waals surface area contributed by atoms with E-state index in [-0.39, 0.29) is 17.7 Å². The fourth-order valence-corrected chi connectivity index (χ4v) is 3.09. The topological polar surface area (TPSA) is 62.3 Å². The van der Waals surface area contributed by atoms with E-state index in [0.29, 0.717) is 24.5 Å². The Balaban J connectivity index is 1.64. The summed E-state index contributed by atoms with van der Waals surface area (Å²) < 4.78 is 0. The van der Waals surface area contributed by atoms with Gasteiger partial charge in [-0.3, -0.25) is 9.59 Å². The largest absolute Gasteiger partial charge is 0.338 e. The van der Waals surface area contributed by atoms with Gasteiger partial charge in [0.2, 0.25) is 5.91 Å². The molecule has 5 nitrogen and oxygen atoms in total. The first-order chi connectivity index (χ1) is 12.6. The molecule has 1 fully saturated rings. The lowest BCUT2D eigenvalue weighted by atomic mass is 9.96. The second-order valence-electron chi connectivity index (χ2n) is 6.63. The number of carbonyl (C=O) groups excluding carboxylic acids is 2. The van der Waals surface area contributed by atoms with Gasteiger partial charge in [0.1, 0.15) is 5.82 Å². The van der Waals surface area contributed by atoms with Crippen LogP contribution in [0.2, 0.25) is 0 Å². The number of rotatable bonds is 4. The highest BCUT2D eigenvalue weighted by atomic mass is 16.2. The van der Waals surface area contributed by atoms with Crippen molar-refractivity contribution >= 4 is 23.7 Å². The van der Waals surface area contributed by atoms with Crippen LogP contribution in [0.15, 0.2) is 49.2 Å². The van der Waals surface area contributed by atoms with Gasteiger partial charge < -0.3 is 10.2 Å². The van der Waals surface area contributed by atoms with Crippen LogP contribution in [0.25, 0.3) is 6.08 Å². The van der Waals surface area contributed by atoms with Gasteiger partial charge in [-0.25, -0.2) is 4.98 Å². The fraction of sp³-hybridized carbons (Fsp3) is 0.286. The van der Waals surface area contributed by atoms with Crippen LogP contribution >= 0.6 is 0 Å². The maximum absolute atomic E-state index is 12.7. The summed E-state index contributed by atoms with van der Waals surface area (Å²) in [6.45, 7) is 6.77. The number of carbonyl (C=O) groups is 2. The number of hydrogen-bond acceptors (Lipinski definition) is 3. The molecule has 0 saturated carbocycles. The molecule has 0 radical (unpaired) electrons. The molecule has 3 rings (SSSR count). The van der Waals surface area contributed by atoms with E-state index in [2.05, 4.69) is 16.9 Å². The van der Waals surface area contributed by atoms with Gasteiger partial charge in [0, 0.05) is 24.8 Å². The quantitative estimate of drug-likeness (QED) is 0.918. The zero-order valence-corrected chi connectivity index (χ0v) is 14.9. The van der Waals surface area contributed by atoms with Crippen LogP contribution in [-0.4, -0.2) is 34.8 Å². The van der Waals surface area contributed by atoms with Crippen LogP contribution < -0.4 is 5.32 Å². The highest BCUT2D eigenvalue weighted by molar-refractivity contribution is 5.96. The maximum atomic E-state index is 12.7. The van der Waals surface area contributed by atoms with Crippen molar-refractivity contribution < 1.29 is 9.59 Å². The number of aromatic nitrogens is 1. The molecule has 1 atom stereocenters. The smallest absolute Gasteiger partial charge is 0.253 e. The Hall–Kier alpha value is -2.95. The molecule has 2 amide bonds. The molecule has 134 valence electrons. The van der Waals surface area contributed by atoms with Gasteiger partial charge in [-0.15, -0.1) is 0 Å². The van der Waals surface area contributed by atoms with Crippen molar-refractivity contribution in [2.24, 2.45) is 5.92 Å². The van der Waals surface area contributed by atoms with E-state index in [0.717, 1.165) is 24.0 Å². The lowest BCUT2D eigenvalue weighted by molar-refractivity contribution is -0.121. The number of anilines is 1. The molecule has 0 bridgehead atoms. The standard InChI is InChI=1S/C21H23N3O2/c1-3-16-7-9-17(10-8-16)21(26)24-12-4-5-18(14-24)20(25)23-19-11-6-15(2)13-22-19/h3,6-11,13,18H,1,4-5,12,14H2,2H3,(H,22,23,25)/t18-/m1/s1. The van der Waals surface area contributed by atoms with Gasteiger partial charge in [-0.2, -0.15) is 0 Å². The van der Waals surface area contributed by atoms with E-state index >= 15 is 0 Å². The van der Waals surface area contributed by atoms with Gasteiger partial charge in [0.25, 0.3) is 5.91 Å². The predicted octanol–water partition coefficient (Wildman–Crippen LogP) is 3.52. The normalized spacial score (nSPS) is 16.8. The molecule has 2 aromatic rings. The average Bonchev–Trinajstić information content (AvgIpc) is 2.69. The molecule has 0 unspecified atom stereocenters. The average molecular weight is 349 g/mol. The first kappa shape index (κ1) is 17.9. The minimum atomic E-state index is -0.219. The third kappa shape index (κ3) is 4.17. The van der Waals surface area contributed by atoms with Crippen LogP contribution in [0.5, 0.6) is 0 Å². The minimum Gasteiger partial charge on any atom is -0.338 e. The third-order valence-corrected chi connectivity index (χ3v) is 4.64. The summed E-state index contributed by atoms with van der Waals surface area (Å²) in [5, 5.41) is 2.85. The van der Waals surface area contributed by atoms with Crippen molar-refractivity contribution in [2.75, 3.05) is 18.4 Å². The molecule has 1 aromatic heterocycles. The van der Waals surface area contributed by atoms with E-state index in [4.69, 9.17) is 0 Å². The van der Waals surface area contributed by atoms with Crippen molar-refractivity contribution in [3.8, 4) is 0 Å². The van der Waals surface area contributed by atoms with Gasteiger partial charge in [-0.1, -0.05) is 30.9 Å². The minimum absolute atomic E-state index is 0.0356. The first-order valence-corrected chi connectivity index (χ1v) is 8.82. The molecule has 1 N–H and O–H groups in total. The number of aryl methyl sites for hydroxylation is 1. The Bertz CT molecular complexity index is 797. The number of amides is 2. The van der Waals surface area contributed by atoms with Crippen molar-refractivity contribution in [2.45, 2.75) is 19.8 Å². The van der Waals surface area contributed by atoms with Crippen LogP contribution in [-0.2, 0) is 4.79 Å². The highest BCUT2D eigenvalue weighted by Crippen LogP contribution is 2.20. The number of hydrogen-bond donors (Lipinski definition) is 1. The molecular weight excluding hydrogens is 326 g/mol. The molecule has 5 heteroatoms. The van der Waals surface area contributed by atoms with E-state index in [1.807, 2.05) is 25.1 Å². The number of nitrogens with one attached hydrogen (secondary N) is 1. The number of nitrogens with zero attached hydrogens (tertiary/aromatic N) is 2. The lowest BCUT2D eigenvalue weighted by Gasteiger charge is -2.32. The highest BCUT2D eigenvalue weighted by Gasteiger charge is 2.29. The molecule has 1 saturated heterocycles. The van der Waals surface area contributed by atoms with E-state index in [9.17, 15) is 9.59 Å². The Labute approximate surface area is 153 Å². The van der Waals surface area contributed by atoms with Gasteiger partial charge >= 0.3 is 0 Å². The Morgan fingerprint density at radius 1 is 1.23 bits per heavy atom. The zero-order valence-electron chi connectivity index (χ0n) is 14.9. The molecule has 2 heterocycles. The molecule has 1 aliphatic rings. The van der Waals surface area contributed by atoms with Gasteiger partial charge in [0.05, 0.1) is 5.92 Å². The van der Waals surface area contributed by atoms with Crippen molar-refractivity contribution in [3.63, 3.8) is 0 Å². The van der Waals surface area contributed by atoms with E-state index < -0.39 is 0 Å². The summed E-state index contributed by atoms with van der Waals surface area (Å²) in [5.41, 5.74) is 2.65. The van der Waals surface area contributed by atoms with Crippen molar-refractivity contribution in [1.82, 2.24) is 9.88 Å². The summed E-state index contributed by atoms with van der Waals surface area (Å²) in [5.74, 6) is 0.208. The second-order valence-corrected chi connectivity index (χ2v) is 6.63. The monoisotopic (exact) mass is 349 g/mol. The summed E-state index contributed by atoms with van der Waals surface area (Å²) in [6, 6.07) is 11.1. The Morgan fingerprint density at radius 2 is 2.00 bits per heavy atom. The van der Waals surface area contributed by atoms with Crippen molar-refractivity contribution in [1.29, 1.82) is 0 Å². The summed E-state index contributed by atoms with van der Waals surface area (Å²) in [7, 11) is 0. The fourth-order valence-electron chi connectivity index (χ4n) is 3.09. The number of piperidine rings is 1. The maximum Gasteiger partial charge on any atom is 0.253 e. The molecule has 26 heavy (non-hydrogen) atoms. The summed E-state index contributed by atoms with van der Waals surface area (Å²) in [4.78, 5) is 31.2. The Morgan fingerprint density at radius 3 is 2.65 bits per heavy atom. The summed E-state index contributed by atoms with van der Waals surface area (Å²) in [6.07, 6.45) is 5.06. The van der Waals surface area contributed by atoms with Crippen molar-refractivity contribution in [3.05, 3.63) is 65.9 Å². The van der Waals surface area contributed by atoms with E-state index in [1.165, 1.54) is 0 Å².